The zero-order chi connectivity index (χ0) is 16.2. The van der Waals surface area contributed by atoms with Crippen LogP contribution in [-0.2, 0) is 4.74 Å². The molecule has 1 saturated heterocycles. The summed E-state index contributed by atoms with van der Waals surface area (Å²) in [6, 6.07) is 0.498. The maximum atomic E-state index is 11.8. The first-order valence-corrected chi connectivity index (χ1v) is 8.17. The van der Waals surface area contributed by atoms with Crippen molar-refractivity contribution < 1.29 is 9.53 Å². The minimum Gasteiger partial charge on any atom is -0.444 e. The van der Waals surface area contributed by atoms with Gasteiger partial charge in [0, 0.05) is 30.1 Å². The number of nitrogens with one attached hydrogen (secondary N) is 1. The van der Waals surface area contributed by atoms with Crippen molar-refractivity contribution >= 4 is 6.09 Å². The highest BCUT2D eigenvalue weighted by Gasteiger charge is 2.35. The Bertz CT molecular complexity index is 442. The molecule has 22 heavy (non-hydrogen) atoms. The Morgan fingerprint density at radius 2 is 2.05 bits per heavy atom. The van der Waals surface area contributed by atoms with Gasteiger partial charge in [-0.3, -0.25) is 4.90 Å². The van der Waals surface area contributed by atoms with Gasteiger partial charge in [0.15, 0.2) is 0 Å². The maximum Gasteiger partial charge on any atom is 0.407 e. The molecule has 0 aromatic rings. The third kappa shape index (κ3) is 4.78. The van der Waals surface area contributed by atoms with Gasteiger partial charge in [0.1, 0.15) is 5.60 Å². The van der Waals surface area contributed by atoms with Gasteiger partial charge in [0.2, 0.25) is 0 Å². The molecule has 2 aliphatic rings. The summed E-state index contributed by atoms with van der Waals surface area (Å²) in [5, 5.41) is 6.92. The standard InChI is InChI=1S/C15H27N5O2/c1-15(2,3)22-14(21)17-11-8-9-20(10-11)13-7-5-4-6-12(13)18-19-16/h11-13H,4-10H2,1-3H3,(H,17,21)/t11-,12+,13-/m1/s1. The van der Waals surface area contributed by atoms with E-state index in [9.17, 15) is 4.79 Å². The molecule has 1 aliphatic carbocycles. The molecule has 0 aromatic heterocycles. The predicted octanol–water partition coefficient (Wildman–Crippen LogP) is 3.21. The lowest BCUT2D eigenvalue weighted by molar-refractivity contribution is 0.0503. The van der Waals surface area contributed by atoms with Crippen LogP contribution in [0, 0.1) is 0 Å². The Balaban J connectivity index is 1.86. The Hall–Kier alpha value is -1.46. The van der Waals surface area contributed by atoms with Crippen LogP contribution < -0.4 is 5.32 Å². The molecule has 1 amide bonds. The monoisotopic (exact) mass is 309 g/mol. The molecule has 1 N–H and O–H groups in total. The summed E-state index contributed by atoms with van der Waals surface area (Å²) in [5.74, 6) is 0. The number of nitrogens with zero attached hydrogens (tertiary/aromatic N) is 4. The summed E-state index contributed by atoms with van der Waals surface area (Å²) in [6.07, 6.45) is 4.92. The largest absolute Gasteiger partial charge is 0.444 e. The highest BCUT2D eigenvalue weighted by molar-refractivity contribution is 5.68. The van der Waals surface area contributed by atoms with E-state index in [-0.39, 0.29) is 18.2 Å². The molecule has 0 spiro atoms. The molecule has 7 nitrogen and oxygen atoms in total. The summed E-state index contributed by atoms with van der Waals surface area (Å²) >= 11 is 0. The molecule has 0 radical (unpaired) electrons. The molecular formula is C15H27N5O2. The van der Waals surface area contributed by atoms with Crippen molar-refractivity contribution in [2.45, 2.75) is 76.6 Å². The second kappa shape index (κ2) is 7.20. The van der Waals surface area contributed by atoms with E-state index >= 15 is 0 Å². The lowest BCUT2D eigenvalue weighted by Gasteiger charge is -2.35. The highest BCUT2D eigenvalue weighted by Crippen LogP contribution is 2.28. The average molecular weight is 309 g/mol. The molecule has 124 valence electrons. The first-order chi connectivity index (χ1) is 10.4. The van der Waals surface area contributed by atoms with Crippen LogP contribution in [0.25, 0.3) is 10.4 Å². The van der Waals surface area contributed by atoms with Gasteiger partial charge in [-0.1, -0.05) is 18.0 Å². The van der Waals surface area contributed by atoms with E-state index in [0.29, 0.717) is 6.04 Å². The summed E-state index contributed by atoms with van der Waals surface area (Å²) in [6.45, 7) is 7.32. The van der Waals surface area contributed by atoms with Crippen LogP contribution in [0.3, 0.4) is 0 Å². The van der Waals surface area contributed by atoms with E-state index in [4.69, 9.17) is 10.3 Å². The maximum absolute atomic E-state index is 11.8. The van der Waals surface area contributed by atoms with Crippen LogP contribution in [0.4, 0.5) is 4.79 Å². The van der Waals surface area contributed by atoms with Crippen molar-refractivity contribution in [1.82, 2.24) is 10.2 Å². The average Bonchev–Trinajstić information content (AvgIpc) is 2.85. The number of alkyl carbamates (subject to hydrolysis) is 1. The molecule has 1 saturated carbocycles. The smallest absolute Gasteiger partial charge is 0.407 e. The Morgan fingerprint density at radius 3 is 2.73 bits per heavy atom. The molecule has 2 fully saturated rings. The summed E-state index contributed by atoms with van der Waals surface area (Å²) in [5.41, 5.74) is 8.25. The van der Waals surface area contributed by atoms with Gasteiger partial charge in [-0.2, -0.15) is 0 Å². The van der Waals surface area contributed by atoms with Gasteiger partial charge in [-0.05, 0) is 45.6 Å². The minimum atomic E-state index is -0.474. The van der Waals surface area contributed by atoms with Crippen molar-refractivity contribution in [2.75, 3.05) is 13.1 Å². The van der Waals surface area contributed by atoms with Gasteiger partial charge in [0.25, 0.3) is 0 Å². The molecule has 7 heteroatoms. The van der Waals surface area contributed by atoms with Crippen LogP contribution in [0.15, 0.2) is 5.11 Å². The van der Waals surface area contributed by atoms with Crippen molar-refractivity contribution in [3.63, 3.8) is 0 Å². The molecule has 2 rings (SSSR count). The SMILES string of the molecule is CC(C)(C)OC(=O)N[C@@H]1CCN([C@@H]2CCCC[C@@H]2N=[N+]=[N-])C1. The molecule has 0 aromatic carbocycles. The van der Waals surface area contributed by atoms with Gasteiger partial charge in [-0.15, -0.1) is 0 Å². The number of likely N-dealkylation sites (tertiary alicyclic amines) is 1. The molecule has 1 aliphatic heterocycles. The number of azide groups is 1. The van der Waals surface area contributed by atoms with Crippen LogP contribution in [0.5, 0.6) is 0 Å². The van der Waals surface area contributed by atoms with E-state index in [0.717, 1.165) is 38.8 Å². The van der Waals surface area contributed by atoms with E-state index in [2.05, 4.69) is 20.2 Å². The number of rotatable bonds is 3. The minimum absolute atomic E-state index is 0.0685. The zero-order valence-corrected chi connectivity index (χ0v) is 13.8. The normalized spacial score (nSPS) is 29.7. The summed E-state index contributed by atoms with van der Waals surface area (Å²) in [7, 11) is 0. The van der Waals surface area contributed by atoms with Gasteiger partial charge < -0.3 is 10.1 Å². The lowest BCUT2D eigenvalue weighted by Crippen LogP contribution is -2.46. The number of hydrogen-bond acceptors (Lipinski definition) is 4. The quantitative estimate of drug-likeness (QED) is 0.493. The Kier molecular flexibility index (Phi) is 5.53. The number of carbonyl (C=O) groups is 1. The lowest BCUT2D eigenvalue weighted by atomic mass is 9.90. The van der Waals surface area contributed by atoms with Crippen molar-refractivity contribution in [3.8, 4) is 0 Å². The van der Waals surface area contributed by atoms with E-state index < -0.39 is 5.60 Å². The number of ether oxygens (including phenoxy) is 1. The van der Waals surface area contributed by atoms with Crippen LogP contribution in [0.1, 0.15) is 52.9 Å². The predicted molar refractivity (Wildman–Crippen MR) is 84.5 cm³/mol. The molecule has 0 unspecified atom stereocenters. The molecule has 3 atom stereocenters. The summed E-state index contributed by atoms with van der Waals surface area (Å²) in [4.78, 5) is 17.2. The van der Waals surface area contributed by atoms with Crippen molar-refractivity contribution in [3.05, 3.63) is 10.4 Å². The van der Waals surface area contributed by atoms with Crippen molar-refractivity contribution in [1.29, 1.82) is 0 Å². The van der Waals surface area contributed by atoms with E-state index in [1.165, 1.54) is 6.42 Å². The zero-order valence-electron chi connectivity index (χ0n) is 13.8. The van der Waals surface area contributed by atoms with Crippen molar-refractivity contribution in [2.24, 2.45) is 5.11 Å². The number of amides is 1. The highest BCUT2D eigenvalue weighted by atomic mass is 16.6. The Morgan fingerprint density at radius 1 is 1.32 bits per heavy atom. The molecule has 1 heterocycles. The fourth-order valence-corrected chi connectivity index (χ4v) is 3.40. The number of carbonyl (C=O) groups excluding carboxylic acids is 1. The second-order valence-corrected chi connectivity index (χ2v) is 7.25. The van der Waals surface area contributed by atoms with Crippen LogP contribution in [0.2, 0.25) is 0 Å². The first-order valence-electron chi connectivity index (χ1n) is 8.17. The second-order valence-electron chi connectivity index (χ2n) is 7.25. The Labute approximate surface area is 132 Å². The van der Waals surface area contributed by atoms with E-state index in [1.54, 1.807) is 0 Å². The van der Waals surface area contributed by atoms with Crippen LogP contribution >= 0.6 is 0 Å². The molecular weight excluding hydrogens is 282 g/mol. The van der Waals surface area contributed by atoms with Gasteiger partial charge in [-0.25, -0.2) is 4.79 Å². The first kappa shape index (κ1) is 16.9. The van der Waals surface area contributed by atoms with E-state index in [1.807, 2.05) is 20.8 Å². The van der Waals surface area contributed by atoms with Gasteiger partial charge >= 0.3 is 6.09 Å². The fourth-order valence-electron chi connectivity index (χ4n) is 3.40. The third-order valence-corrected chi connectivity index (χ3v) is 4.30. The topological polar surface area (TPSA) is 90.3 Å². The third-order valence-electron chi connectivity index (χ3n) is 4.30. The van der Waals surface area contributed by atoms with Crippen LogP contribution in [-0.4, -0.2) is 47.8 Å². The number of hydrogen-bond donors (Lipinski definition) is 1. The van der Waals surface area contributed by atoms with Gasteiger partial charge in [0.05, 0.1) is 6.04 Å². The fraction of sp³-hybridized carbons (Fsp3) is 0.933. The summed E-state index contributed by atoms with van der Waals surface area (Å²) < 4.78 is 5.30. The molecule has 0 bridgehead atoms.